The minimum Gasteiger partial charge on any atom is -0.493 e. The van der Waals surface area contributed by atoms with E-state index in [4.69, 9.17) is 31.5 Å². The molecule has 2 rings (SSSR count). The van der Waals surface area contributed by atoms with Crippen LogP contribution in [0.25, 0.3) is 0 Å². The van der Waals surface area contributed by atoms with Gasteiger partial charge in [0.25, 0.3) is 0 Å². The fourth-order valence-corrected chi connectivity index (χ4v) is 3.16. The van der Waals surface area contributed by atoms with Crippen LogP contribution < -0.4 is 19.9 Å². The minimum atomic E-state index is 0.00750. The van der Waals surface area contributed by atoms with Gasteiger partial charge in [0.2, 0.25) is 0 Å². The summed E-state index contributed by atoms with van der Waals surface area (Å²) < 4.78 is 17.3. The number of hydrogen-bond acceptors (Lipinski definition) is 4. The Bertz CT molecular complexity index is 769. The van der Waals surface area contributed by atoms with Crippen LogP contribution in [0.5, 0.6) is 17.2 Å². The Morgan fingerprint density at radius 1 is 1.00 bits per heavy atom. The molecule has 0 unspecified atom stereocenters. The third-order valence-electron chi connectivity index (χ3n) is 4.25. The quantitative estimate of drug-likeness (QED) is 0.649. The fourth-order valence-electron chi connectivity index (χ4n) is 2.88. The van der Waals surface area contributed by atoms with Crippen molar-refractivity contribution in [3.63, 3.8) is 0 Å². The van der Waals surface area contributed by atoms with Gasteiger partial charge in [-0.2, -0.15) is 0 Å². The van der Waals surface area contributed by atoms with Gasteiger partial charge in [-0.15, -0.1) is 0 Å². The van der Waals surface area contributed by atoms with Gasteiger partial charge in [0, 0.05) is 0 Å². The number of methoxy groups -OCH3 is 1. The first-order chi connectivity index (χ1) is 12.8. The fraction of sp³-hybridized carbons (Fsp3) is 0.455. The van der Waals surface area contributed by atoms with Crippen LogP contribution in [-0.2, 0) is 11.8 Å². The molecule has 4 nitrogen and oxygen atoms in total. The molecular weight excluding hydrogens is 362 g/mol. The molecule has 0 amide bonds. The summed E-state index contributed by atoms with van der Waals surface area (Å²) in [4.78, 5) is 0. The highest BCUT2D eigenvalue weighted by Gasteiger charge is 2.19. The zero-order chi connectivity index (χ0) is 20.0. The molecular formula is C22H30ClNO3. The Morgan fingerprint density at radius 2 is 1.70 bits per heavy atom. The molecule has 2 aromatic carbocycles. The highest BCUT2D eigenvalue weighted by atomic mass is 35.5. The number of hydrogen-bond donors (Lipinski definition) is 1. The van der Waals surface area contributed by atoms with Gasteiger partial charge >= 0.3 is 0 Å². The summed E-state index contributed by atoms with van der Waals surface area (Å²) >= 11 is 6.36. The van der Waals surface area contributed by atoms with Crippen molar-refractivity contribution in [2.75, 3.05) is 26.9 Å². The van der Waals surface area contributed by atoms with E-state index in [0.717, 1.165) is 17.7 Å². The average molecular weight is 392 g/mol. The molecule has 0 spiro atoms. The molecule has 148 valence electrons. The first kappa shape index (κ1) is 21.4. The molecule has 0 aromatic heterocycles. The molecule has 0 aliphatic rings. The molecule has 5 heteroatoms. The van der Waals surface area contributed by atoms with Crippen LogP contribution in [0, 0.1) is 6.92 Å². The van der Waals surface area contributed by atoms with Crippen LogP contribution in [0.3, 0.4) is 0 Å². The second-order valence-corrected chi connectivity index (χ2v) is 8.00. The lowest BCUT2D eigenvalue weighted by molar-refractivity contribution is 0.209. The summed E-state index contributed by atoms with van der Waals surface area (Å²) in [6.07, 6.45) is 0.739. The Kier molecular flexibility index (Phi) is 7.40. The van der Waals surface area contributed by atoms with Gasteiger partial charge in [0.05, 0.1) is 12.1 Å². The van der Waals surface area contributed by atoms with Gasteiger partial charge in [-0.25, -0.2) is 0 Å². The van der Waals surface area contributed by atoms with E-state index in [-0.39, 0.29) is 5.41 Å². The largest absolute Gasteiger partial charge is 0.493 e. The number of ether oxygens (including phenoxy) is 3. The van der Waals surface area contributed by atoms with Crippen LogP contribution in [-0.4, -0.2) is 26.9 Å². The van der Waals surface area contributed by atoms with Crippen molar-refractivity contribution in [3.8, 4) is 17.2 Å². The lowest BCUT2D eigenvalue weighted by Crippen LogP contribution is -2.16. The molecule has 0 atom stereocenters. The SMILES string of the molecule is COc1cc(CCN)cc(Cl)c1OCCOc1ccc(C)cc1C(C)(C)C. The number of nitrogens with two attached hydrogens (primary N) is 1. The number of rotatable bonds is 8. The highest BCUT2D eigenvalue weighted by Crippen LogP contribution is 2.37. The zero-order valence-electron chi connectivity index (χ0n) is 16.9. The summed E-state index contributed by atoms with van der Waals surface area (Å²) in [5, 5.41) is 0.517. The monoisotopic (exact) mass is 391 g/mol. The van der Waals surface area contributed by atoms with E-state index in [9.17, 15) is 0 Å². The smallest absolute Gasteiger partial charge is 0.179 e. The van der Waals surface area contributed by atoms with Crippen LogP contribution in [0.1, 0.15) is 37.5 Å². The Labute approximate surface area is 167 Å². The van der Waals surface area contributed by atoms with Gasteiger partial charge in [-0.1, -0.05) is 50.1 Å². The van der Waals surface area contributed by atoms with Crippen LogP contribution in [0.4, 0.5) is 0 Å². The van der Waals surface area contributed by atoms with E-state index in [2.05, 4.69) is 39.8 Å². The molecule has 0 bridgehead atoms. The standard InChI is InChI=1S/C22H30ClNO3/c1-15-6-7-19(17(12-15)22(2,3)4)26-10-11-27-21-18(23)13-16(8-9-24)14-20(21)25-5/h6-7,12-14H,8-11,24H2,1-5H3. The number of halogens is 1. The molecule has 2 aromatic rings. The summed E-state index contributed by atoms with van der Waals surface area (Å²) in [6.45, 7) is 9.96. The Morgan fingerprint density at radius 3 is 2.33 bits per heavy atom. The molecule has 0 saturated carbocycles. The maximum Gasteiger partial charge on any atom is 0.179 e. The predicted octanol–water partition coefficient (Wildman–Crippen LogP) is 4.91. The van der Waals surface area contributed by atoms with Gasteiger partial charge < -0.3 is 19.9 Å². The normalized spacial score (nSPS) is 11.4. The van der Waals surface area contributed by atoms with Crippen LogP contribution >= 0.6 is 11.6 Å². The van der Waals surface area contributed by atoms with E-state index in [1.165, 1.54) is 11.1 Å². The molecule has 2 N–H and O–H groups in total. The predicted molar refractivity (Wildman–Crippen MR) is 112 cm³/mol. The summed E-state index contributed by atoms with van der Waals surface area (Å²) in [7, 11) is 1.60. The second-order valence-electron chi connectivity index (χ2n) is 7.59. The lowest BCUT2D eigenvalue weighted by Gasteiger charge is -2.23. The van der Waals surface area contributed by atoms with E-state index >= 15 is 0 Å². The average Bonchev–Trinajstić information content (AvgIpc) is 2.60. The van der Waals surface area contributed by atoms with Crippen molar-refractivity contribution in [1.29, 1.82) is 0 Å². The Hall–Kier alpha value is -1.91. The zero-order valence-corrected chi connectivity index (χ0v) is 17.7. The molecule has 0 aliphatic heterocycles. The van der Waals surface area contributed by atoms with Crippen LogP contribution in [0.2, 0.25) is 5.02 Å². The molecule has 0 heterocycles. The molecule has 0 aliphatic carbocycles. The van der Waals surface area contributed by atoms with E-state index < -0.39 is 0 Å². The molecule has 0 saturated heterocycles. The summed E-state index contributed by atoms with van der Waals surface area (Å²) in [5.74, 6) is 2.02. The van der Waals surface area contributed by atoms with E-state index in [1.807, 2.05) is 18.2 Å². The maximum absolute atomic E-state index is 6.36. The third-order valence-corrected chi connectivity index (χ3v) is 4.53. The van der Waals surface area contributed by atoms with Gasteiger partial charge in [0.1, 0.15) is 19.0 Å². The number of aryl methyl sites for hydroxylation is 1. The van der Waals surface area contributed by atoms with Gasteiger partial charge in [0.15, 0.2) is 11.5 Å². The summed E-state index contributed by atoms with van der Waals surface area (Å²) in [5.41, 5.74) is 9.05. The van der Waals surface area contributed by atoms with Crippen molar-refractivity contribution < 1.29 is 14.2 Å². The maximum atomic E-state index is 6.36. The first-order valence-electron chi connectivity index (χ1n) is 9.19. The summed E-state index contributed by atoms with van der Waals surface area (Å²) in [6, 6.07) is 10.0. The second kappa shape index (κ2) is 9.34. The van der Waals surface area contributed by atoms with Gasteiger partial charge in [-0.3, -0.25) is 0 Å². The van der Waals surface area contributed by atoms with Crippen molar-refractivity contribution >= 4 is 11.6 Å². The lowest BCUT2D eigenvalue weighted by atomic mass is 9.85. The first-order valence-corrected chi connectivity index (χ1v) is 9.57. The molecule has 0 fully saturated rings. The van der Waals surface area contributed by atoms with Crippen molar-refractivity contribution in [2.24, 2.45) is 5.73 Å². The molecule has 27 heavy (non-hydrogen) atoms. The van der Waals surface area contributed by atoms with Gasteiger partial charge in [-0.05, 0) is 54.6 Å². The van der Waals surface area contributed by atoms with Crippen molar-refractivity contribution in [1.82, 2.24) is 0 Å². The molecule has 0 radical (unpaired) electrons. The van der Waals surface area contributed by atoms with Crippen LogP contribution in [0.15, 0.2) is 30.3 Å². The topological polar surface area (TPSA) is 53.7 Å². The third kappa shape index (κ3) is 5.78. The van der Waals surface area contributed by atoms with E-state index in [0.29, 0.717) is 36.3 Å². The Balaban J connectivity index is 2.04. The van der Waals surface area contributed by atoms with Crippen molar-refractivity contribution in [3.05, 3.63) is 52.0 Å². The van der Waals surface area contributed by atoms with Crippen molar-refractivity contribution in [2.45, 2.75) is 39.5 Å². The number of benzene rings is 2. The van der Waals surface area contributed by atoms with E-state index in [1.54, 1.807) is 7.11 Å². The minimum absolute atomic E-state index is 0.00750. The highest BCUT2D eigenvalue weighted by molar-refractivity contribution is 6.32.